The molecule has 2 amide bonds. The van der Waals surface area contributed by atoms with Gasteiger partial charge in [0.2, 0.25) is 6.10 Å². The number of fused-ring (bicyclic) bond motifs is 1. The van der Waals surface area contributed by atoms with Crippen molar-refractivity contribution in [2.45, 2.75) is 24.4 Å². The topological polar surface area (TPSA) is 116 Å². The van der Waals surface area contributed by atoms with E-state index in [9.17, 15) is 24.3 Å². The van der Waals surface area contributed by atoms with Gasteiger partial charge in [0.25, 0.3) is 11.8 Å². The Bertz CT molecular complexity index is 1180. The number of hydrogen-bond acceptors (Lipinski definition) is 7. The molecule has 3 atom stereocenters. The zero-order valence-electron chi connectivity index (χ0n) is 19.2. The molecule has 4 rings (SSSR count). The van der Waals surface area contributed by atoms with E-state index >= 15 is 0 Å². The Morgan fingerprint density at radius 3 is 2.37 bits per heavy atom. The first-order chi connectivity index (χ1) is 16.4. The van der Waals surface area contributed by atoms with Gasteiger partial charge in [-0.05, 0) is 24.1 Å². The van der Waals surface area contributed by atoms with E-state index < -0.39 is 41.3 Å². The van der Waals surface area contributed by atoms with Crippen LogP contribution in [0.1, 0.15) is 24.2 Å². The van der Waals surface area contributed by atoms with Crippen LogP contribution < -0.4 is 40.0 Å². The average Bonchev–Trinajstić information content (AvgIpc) is 2.85. The number of amides is 2. The maximum Gasteiger partial charge on any atom is 1.00 e. The summed E-state index contributed by atoms with van der Waals surface area (Å²) < 4.78 is 5.45. The van der Waals surface area contributed by atoms with Crippen LogP contribution in [-0.2, 0) is 23.9 Å². The molecule has 0 aliphatic carbocycles. The third kappa shape index (κ3) is 5.87. The van der Waals surface area contributed by atoms with Crippen LogP contribution in [0.15, 0.2) is 78.0 Å². The molecule has 1 N–H and O–H groups in total. The summed E-state index contributed by atoms with van der Waals surface area (Å²) in [4.78, 5) is 50.9. The predicted molar refractivity (Wildman–Crippen MR) is 123 cm³/mol. The van der Waals surface area contributed by atoms with Crippen LogP contribution >= 0.6 is 11.8 Å². The smallest absolute Gasteiger partial charge is 0.543 e. The predicted octanol–water partition coefficient (Wildman–Crippen LogP) is -1.59. The minimum Gasteiger partial charge on any atom is -0.543 e. The van der Waals surface area contributed by atoms with Gasteiger partial charge in [0, 0.05) is 17.4 Å². The molecule has 2 heterocycles. The molecule has 1 fully saturated rings. The molecule has 2 aromatic carbocycles. The zero-order chi connectivity index (χ0) is 24.2. The van der Waals surface area contributed by atoms with E-state index in [0.29, 0.717) is 16.9 Å². The molecule has 0 saturated carbocycles. The number of β-lactam (4-membered cyclic amide) rings is 1. The number of esters is 1. The van der Waals surface area contributed by atoms with Crippen LogP contribution in [0.2, 0.25) is 0 Å². The molecule has 35 heavy (non-hydrogen) atoms. The van der Waals surface area contributed by atoms with E-state index in [-0.39, 0.29) is 35.3 Å². The molecular formula is C25H21N2NaO6S. The number of rotatable bonds is 7. The first-order valence-corrected chi connectivity index (χ1v) is 11.6. The van der Waals surface area contributed by atoms with Crippen molar-refractivity contribution in [3.05, 3.63) is 89.1 Å². The molecule has 0 radical (unpaired) electrons. The van der Waals surface area contributed by atoms with Crippen molar-refractivity contribution in [1.29, 1.82) is 0 Å². The van der Waals surface area contributed by atoms with Gasteiger partial charge < -0.3 is 20.0 Å². The second kappa shape index (κ2) is 11.7. The number of hydrogen-bond donors (Lipinski definition) is 1. The Labute approximate surface area is 228 Å². The number of thioether (sulfide) groups is 1. The van der Waals surface area contributed by atoms with E-state index in [1.807, 2.05) is 30.3 Å². The fourth-order valence-corrected chi connectivity index (χ4v) is 5.07. The van der Waals surface area contributed by atoms with Gasteiger partial charge in [0.05, 0.1) is 11.7 Å². The first-order valence-electron chi connectivity index (χ1n) is 10.5. The van der Waals surface area contributed by atoms with Crippen molar-refractivity contribution in [1.82, 2.24) is 10.2 Å². The van der Waals surface area contributed by atoms with E-state index in [4.69, 9.17) is 4.74 Å². The summed E-state index contributed by atoms with van der Waals surface area (Å²) in [6, 6.07) is 16.7. The molecule has 174 valence electrons. The van der Waals surface area contributed by atoms with Crippen molar-refractivity contribution in [3.8, 4) is 0 Å². The van der Waals surface area contributed by atoms with Crippen molar-refractivity contribution < 1.29 is 58.6 Å². The van der Waals surface area contributed by atoms with Crippen LogP contribution in [0.3, 0.4) is 0 Å². The Kier molecular flexibility index (Phi) is 8.96. The average molecular weight is 501 g/mol. The largest absolute Gasteiger partial charge is 1.00 e. The molecule has 0 bridgehead atoms. The molecule has 2 aliphatic heterocycles. The van der Waals surface area contributed by atoms with Gasteiger partial charge in [-0.1, -0.05) is 60.7 Å². The van der Waals surface area contributed by atoms with Gasteiger partial charge in [-0.25, -0.2) is 4.79 Å². The zero-order valence-corrected chi connectivity index (χ0v) is 22.0. The molecule has 0 spiro atoms. The van der Waals surface area contributed by atoms with E-state index in [1.165, 1.54) is 17.8 Å². The van der Waals surface area contributed by atoms with Crippen LogP contribution in [0, 0.1) is 0 Å². The summed E-state index contributed by atoms with van der Waals surface area (Å²) in [5.74, 6) is -2.98. The Morgan fingerprint density at radius 1 is 1.11 bits per heavy atom. The quantitative estimate of drug-likeness (QED) is 0.211. The number of carboxylic acid groups (broad SMARTS) is 1. The van der Waals surface area contributed by atoms with Crippen molar-refractivity contribution in [2.24, 2.45) is 0 Å². The monoisotopic (exact) mass is 500 g/mol. The number of benzene rings is 2. The minimum atomic E-state index is -1.43. The van der Waals surface area contributed by atoms with Crippen LogP contribution in [0.25, 0.3) is 6.08 Å². The fraction of sp³-hybridized carbons (Fsp3) is 0.200. The maximum atomic E-state index is 13.1. The number of nitrogens with one attached hydrogen (secondary N) is 1. The van der Waals surface area contributed by atoms with Gasteiger partial charge in [-0.2, -0.15) is 0 Å². The third-order valence-electron chi connectivity index (χ3n) is 5.44. The summed E-state index contributed by atoms with van der Waals surface area (Å²) in [7, 11) is 0. The van der Waals surface area contributed by atoms with Crippen molar-refractivity contribution >= 4 is 41.6 Å². The van der Waals surface area contributed by atoms with E-state index in [2.05, 4.69) is 5.32 Å². The molecule has 0 aromatic heterocycles. The summed E-state index contributed by atoms with van der Waals surface area (Å²) >= 11 is 1.35. The number of carbonyl (C=O) groups is 4. The van der Waals surface area contributed by atoms with Gasteiger partial charge in [-0.15, -0.1) is 11.8 Å². The number of carboxylic acids is 1. The normalized spacial score (nSPS) is 19.8. The summed E-state index contributed by atoms with van der Waals surface area (Å²) in [5, 5.41) is 13.5. The van der Waals surface area contributed by atoms with Gasteiger partial charge >= 0.3 is 35.5 Å². The van der Waals surface area contributed by atoms with Gasteiger partial charge in [-0.3, -0.25) is 14.5 Å². The summed E-state index contributed by atoms with van der Waals surface area (Å²) in [5.41, 5.74) is 1.60. The Balaban J connectivity index is 0.00000342. The first kappa shape index (κ1) is 26.7. The molecule has 8 nitrogen and oxygen atoms in total. The Morgan fingerprint density at radius 2 is 1.74 bits per heavy atom. The second-order valence-corrected chi connectivity index (χ2v) is 8.89. The number of aliphatic carboxylic acids is 1. The van der Waals surface area contributed by atoms with Crippen LogP contribution in [0.5, 0.6) is 0 Å². The fourth-order valence-electron chi connectivity index (χ4n) is 3.78. The molecule has 1 saturated heterocycles. The molecule has 2 aromatic rings. The van der Waals surface area contributed by atoms with E-state index in [1.54, 1.807) is 43.3 Å². The van der Waals surface area contributed by atoms with Gasteiger partial charge in [0.1, 0.15) is 11.4 Å². The number of nitrogens with zero attached hydrogens (tertiary/aromatic N) is 1. The molecular weight excluding hydrogens is 479 g/mol. The molecule has 2 aliphatic rings. The SMILES string of the molecule is CC1=C(C(=O)[O-])N2C(=O)C(NC(=O)C(OC(=O)C=Cc3ccccc3)c3ccccc3)[C@@H]2SC1.[Na+]. The summed E-state index contributed by atoms with van der Waals surface area (Å²) in [6.45, 7) is 1.63. The van der Waals surface area contributed by atoms with Gasteiger partial charge in [0.15, 0.2) is 0 Å². The van der Waals surface area contributed by atoms with Crippen LogP contribution in [0.4, 0.5) is 0 Å². The summed E-state index contributed by atoms with van der Waals surface area (Å²) in [6.07, 6.45) is 1.51. The van der Waals surface area contributed by atoms with E-state index in [0.717, 1.165) is 10.5 Å². The molecule has 2 unspecified atom stereocenters. The van der Waals surface area contributed by atoms with Crippen molar-refractivity contribution in [3.63, 3.8) is 0 Å². The van der Waals surface area contributed by atoms with Crippen LogP contribution in [-0.4, -0.2) is 45.8 Å². The maximum absolute atomic E-state index is 13.1. The standard InChI is InChI=1S/C25H22N2O6S.Na/c1-15-14-34-24-19(23(30)27(24)20(15)25(31)32)26-22(29)21(17-10-6-3-7-11-17)33-18(28)13-12-16-8-4-2-5-9-16;/h2-13,19,21,24H,14H2,1H3,(H,26,29)(H,31,32);/q;+1/p-1/t19?,21?,24-;/m0./s1. The third-order valence-corrected chi connectivity index (χ3v) is 6.86. The molecule has 10 heteroatoms. The number of carbonyl (C=O) groups excluding carboxylic acids is 4. The Hall–Kier alpha value is -2.85. The van der Waals surface area contributed by atoms with Crippen molar-refractivity contribution in [2.75, 3.05) is 5.75 Å². The second-order valence-electron chi connectivity index (χ2n) is 7.78. The minimum absolute atomic E-state index is 0. The number of ether oxygens (including phenoxy) is 1.